The maximum absolute atomic E-state index is 13.3. The van der Waals surface area contributed by atoms with Crippen LogP contribution in [0.25, 0.3) is 0 Å². The average Bonchev–Trinajstić information content (AvgIpc) is 2.96. The predicted molar refractivity (Wildman–Crippen MR) is 98.1 cm³/mol. The van der Waals surface area contributed by atoms with E-state index in [1.807, 2.05) is 26.0 Å². The molecule has 2 aliphatic rings. The molecule has 0 aliphatic heterocycles. The zero-order chi connectivity index (χ0) is 15.8. The summed E-state index contributed by atoms with van der Waals surface area (Å²) < 4.78 is 15.6. The van der Waals surface area contributed by atoms with E-state index >= 15 is 0 Å². The number of hydrogen-bond acceptors (Lipinski definition) is 2. The van der Waals surface area contributed by atoms with Crippen molar-refractivity contribution in [2.24, 2.45) is 0 Å². The first-order valence-corrected chi connectivity index (χ1v) is 11.6. The molecule has 0 radical (unpaired) electrons. The third kappa shape index (κ3) is 5.24. The first-order chi connectivity index (χ1) is 10.7. The van der Waals surface area contributed by atoms with Crippen LogP contribution in [0.4, 0.5) is 0 Å². The Hall–Kier alpha value is 0.460. The molecule has 0 unspecified atom stereocenters. The summed E-state index contributed by atoms with van der Waals surface area (Å²) in [6.07, 6.45) is 15.6. The van der Waals surface area contributed by atoms with E-state index in [0.29, 0.717) is 11.3 Å². The SMILES string of the molecule is CNP(=O)(NC)N(SC1CCCCCC1)C1CCCCCC1. The minimum Gasteiger partial charge on any atom is -0.270 e. The number of hydrogen-bond donors (Lipinski definition) is 2. The summed E-state index contributed by atoms with van der Waals surface area (Å²) in [7, 11) is 0.992. The Balaban J connectivity index is 2.10. The highest BCUT2D eigenvalue weighted by atomic mass is 32.2. The van der Waals surface area contributed by atoms with Crippen LogP contribution in [0.5, 0.6) is 0 Å². The number of nitrogens with zero attached hydrogens (tertiary/aromatic N) is 1. The number of rotatable bonds is 6. The monoisotopic (exact) mass is 347 g/mol. The van der Waals surface area contributed by atoms with Crippen LogP contribution < -0.4 is 10.2 Å². The Kier molecular flexibility index (Phi) is 8.27. The fourth-order valence-corrected chi connectivity index (χ4v) is 7.63. The summed E-state index contributed by atoms with van der Waals surface area (Å²) in [6, 6.07) is 0.446. The lowest BCUT2D eigenvalue weighted by atomic mass is 10.1. The van der Waals surface area contributed by atoms with Gasteiger partial charge in [-0.15, -0.1) is 0 Å². The van der Waals surface area contributed by atoms with Gasteiger partial charge in [0.1, 0.15) is 0 Å². The van der Waals surface area contributed by atoms with Crippen molar-refractivity contribution in [3.05, 3.63) is 0 Å². The predicted octanol–water partition coefficient (Wildman–Crippen LogP) is 4.93. The fraction of sp³-hybridized carbons (Fsp3) is 1.00. The summed E-state index contributed by atoms with van der Waals surface area (Å²) in [5.74, 6) is 0. The second-order valence-electron chi connectivity index (χ2n) is 6.69. The van der Waals surface area contributed by atoms with Gasteiger partial charge in [-0.3, -0.25) is 4.57 Å². The molecule has 2 aliphatic carbocycles. The molecule has 0 amide bonds. The average molecular weight is 348 g/mol. The van der Waals surface area contributed by atoms with Crippen molar-refractivity contribution in [3.8, 4) is 0 Å². The first-order valence-electron chi connectivity index (χ1n) is 9.14. The van der Waals surface area contributed by atoms with Gasteiger partial charge in [0, 0.05) is 11.3 Å². The highest BCUT2D eigenvalue weighted by molar-refractivity contribution is 8.02. The van der Waals surface area contributed by atoms with E-state index < -0.39 is 7.59 Å². The summed E-state index contributed by atoms with van der Waals surface area (Å²) in [5, 5.41) is 6.84. The van der Waals surface area contributed by atoms with E-state index in [1.165, 1.54) is 77.0 Å². The molecule has 0 atom stereocenters. The van der Waals surface area contributed by atoms with Gasteiger partial charge in [0.15, 0.2) is 0 Å². The second kappa shape index (κ2) is 9.68. The maximum atomic E-state index is 13.3. The van der Waals surface area contributed by atoms with Crippen LogP contribution in [-0.4, -0.2) is 29.5 Å². The normalized spacial score (nSPS) is 23.4. The van der Waals surface area contributed by atoms with Gasteiger partial charge in [-0.05, 0) is 39.8 Å². The lowest BCUT2D eigenvalue weighted by Gasteiger charge is -2.37. The first kappa shape index (κ1) is 18.8. The molecule has 0 saturated heterocycles. The molecule has 0 aromatic heterocycles. The molecule has 0 spiro atoms. The van der Waals surface area contributed by atoms with E-state index in [-0.39, 0.29) is 0 Å². The van der Waals surface area contributed by atoms with Crippen molar-refractivity contribution < 1.29 is 4.57 Å². The fourth-order valence-electron chi connectivity index (χ4n) is 3.67. The molecule has 0 heterocycles. The molecule has 22 heavy (non-hydrogen) atoms. The minimum atomic E-state index is -2.66. The Morgan fingerprint density at radius 3 is 1.73 bits per heavy atom. The topological polar surface area (TPSA) is 44.4 Å². The molecule has 130 valence electrons. The molecule has 2 saturated carbocycles. The van der Waals surface area contributed by atoms with Gasteiger partial charge >= 0.3 is 0 Å². The second-order valence-corrected chi connectivity index (χ2v) is 10.7. The maximum Gasteiger partial charge on any atom is 0.290 e. The lowest BCUT2D eigenvalue weighted by molar-refractivity contribution is 0.403. The molecular weight excluding hydrogens is 313 g/mol. The zero-order valence-electron chi connectivity index (χ0n) is 14.4. The molecule has 6 heteroatoms. The van der Waals surface area contributed by atoms with Gasteiger partial charge in [-0.25, -0.2) is 10.2 Å². The van der Waals surface area contributed by atoms with Crippen molar-refractivity contribution >= 4 is 19.5 Å². The van der Waals surface area contributed by atoms with E-state index in [9.17, 15) is 4.57 Å². The van der Waals surface area contributed by atoms with E-state index in [4.69, 9.17) is 0 Å². The van der Waals surface area contributed by atoms with Gasteiger partial charge in [-0.1, -0.05) is 63.3 Å². The van der Waals surface area contributed by atoms with Crippen molar-refractivity contribution in [1.29, 1.82) is 0 Å². The standard InChI is InChI=1S/C16H34N3OPS/c1-17-21(20,18-2)19(15-11-7-3-4-8-12-15)22-16-13-9-5-6-10-14-16/h15-16H,3-14H2,1-2H3,(H2,17,18,20). The van der Waals surface area contributed by atoms with Crippen LogP contribution in [0.15, 0.2) is 0 Å². The quantitative estimate of drug-likeness (QED) is 0.405. The van der Waals surface area contributed by atoms with Crippen molar-refractivity contribution in [2.75, 3.05) is 14.1 Å². The van der Waals surface area contributed by atoms with Crippen LogP contribution in [0.2, 0.25) is 0 Å². The van der Waals surface area contributed by atoms with Crippen LogP contribution in [0, 0.1) is 0 Å². The van der Waals surface area contributed by atoms with Gasteiger partial charge in [-0.2, -0.15) is 4.08 Å². The van der Waals surface area contributed by atoms with Crippen LogP contribution in [0.1, 0.15) is 77.0 Å². The molecule has 0 bridgehead atoms. The summed E-state index contributed by atoms with van der Waals surface area (Å²) in [6.45, 7) is 0. The van der Waals surface area contributed by atoms with Crippen LogP contribution in [-0.2, 0) is 4.57 Å². The van der Waals surface area contributed by atoms with Gasteiger partial charge in [0.25, 0.3) is 7.59 Å². The Bertz CT molecular complexity index is 345. The van der Waals surface area contributed by atoms with Gasteiger partial charge in [0.2, 0.25) is 0 Å². The lowest BCUT2D eigenvalue weighted by Crippen LogP contribution is -2.37. The van der Waals surface area contributed by atoms with Crippen molar-refractivity contribution in [1.82, 2.24) is 14.3 Å². The minimum absolute atomic E-state index is 0.446. The van der Waals surface area contributed by atoms with Gasteiger partial charge in [0.05, 0.1) is 0 Å². The third-order valence-electron chi connectivity index (χ3n) is 5.08. The summed E-state index contributed by atoms with van der Waals surface area (Å²) in [4.78, 5) is 0. The molecule has 0 aromatic rings. The molecule has 2 rings (SSSR count). The van der Waals surface area contributed by atoms with Crippen molar-refractivity contribution in [2.45, 2.75) is 88.3 Å². The third-order valence-corrected chi connectivity index (χ3v) is 9.43. The Morgan fingerprint density at radius 2 is 1.27 bits per heavy atom. The molecular formula is C16H34N3OPS. The smallest absolute Gasteiger partial charge is 0.270 e. The Labute approximate surface area is 141 Å². The molecule has 2 N–H and O–H groups in total. The number of nitrogens with one attached hydrogen (secondary N) is 2. The van der Waals surface area contributed by atoms with Gasteiger partial charge < -0.3 is 0 Å². The summed E-state index contributed by atoms with van der Waals surface area (Å²) >= 11 is 1.90. The van der Waals surface area contributed by atoms with Crippen molar-refractivity contribution in [3.63, 3.8) is 0 Å². The van der Waals surface area contributed by atoms with E-state index in [0.717, 1.165) is 0 Å². The van der Waals surface area contributed by atoms with Crippen LogP contribution >= 0.6 is 19.5 Å². The summed E-state index contributed by atoms with van der Waals surface area (Å²) in [5.41, 5.74) is 0. The highest BCUT2D eigenvalue weighted by Gasteiger charge is 2.36. The molecule has 2 fully saturated rings. The van der Waals surface area contributed by atoms with Crippen LogP contribution in [0.3, 0.4) is 0 Å². The Morgan fingerprint density at radius 1 is 0.818 bits per heavy atom. The largest absolute Gasteiger partial charge is 0.290 e. The van der Waals surface area contributed by atoms with E-state index in [1.54, 1.807) is 0 Å². The van der Waals surface area contributed by atoms with E-state index in [2.05, 4.69) is 14.3 Å². The zero-order valence-corrected chi connectivity index (χ0v) is 16.1. The molecule has 0 aromatic carbocycles. The highest BCUT2D eigenvalue weighted by Crippen LogP contribution is 2.51. The molecule has 4 nitrogen and oxygen atoms in total.